The van der Waals surface area contributed by atoms with Crippen molar-refractivity contribution in [2.75, 3.05) is 11.1 Å². The number of hydrogen-bond donors (Lipinski definition) is 2. The van der Waals surface area contributed by atoms with Crippen LogP contribution in [0.3, 0.4) is 0 Å². The molecule has 0 spiro atoms. The molecule has 0 bridgehead atoms. The van der Waals surface area contributed by atoms with Crippen molar-refractivity contribution in [1.82, 2.24) is 20.2 Å². The predicted octanol–water partition coefficient (Wildman–Crippen LogP) is 3.49. The average Bonchev–Trinajstić information content (AvgIpc) is 3.30. The first-order chi connectivity index (χ1) is 13.1. The Morgan fingerprint density at radius 2 is 2.15 bits per heavy atom. The van der Waals surface area contributed by atoms with Crippen LogP contribution in [0.1, 0.15) is 10.7 Å². The van der Waals surface area contributed by atoms with Crippen molar-refractivity contribution in [3.8, 4) is 0 Å². The summed E-state index contributed by atoms with van der Waals surface area (Å²) >= 11 is 6.29. The highest BCUT2D eigenvalue weighted by Gasteiger charge is 2.11. The maximum atomic E-state index is 11.9. The van der Waals surface area contributed by atoms with Crippen molar-refractivity contribution in [3.63, 3.8) is 0 Å². The van der Waals surface area contributed by atoms with E-state index < -0.39 is 0 Å². The molecule has 0 aliphatic carbocycles. The van der Waals surface area contributed by atoms with Crippen LogP contribution in [0.25, 0.3) is 0 Å². The molecule has 0 atom stereocenters. The molecular formula is C17H17BrN6OS2. The topological polar surface area (TPSA) is 84.2 Å². The third kappa shape index (κ3) is 5.91. The molecule has 0 radical (unpaired) electrons. The van der Waals surface area contributed by atoms with Gasteiger partial charge in [-0.25, -0.2) is 5.43 Å². The van der Waals surface area contributed by atoms with Crippen molar-refractivity contribution >= 4 is 56.8 Å². The van der Waals surface area contributed by atoms with Crippen LogP contribution < -0.4 is 10.7 Å². The number of rotatable bonds is 8. The number of halogens is 1. The van der Waals surface area contributed by atoms with Gasteiger partial charge in [-0.1, -0.05) is 33.8 Å². The summed E-state index contributed by atoms with van der Waals surface area (Å²) in [4.78, 5) is 12.9. The Bertz CT molecular complexity index is 908. The van der Waals surface area contributed by atoms with Gasteiger partial charge in [0.25, 0.3) is 5.91 Å². The van der Waals surface area contributed by atoms with Crippen LogP contribution in [-0.2, 0) is 18.4 Å². The lowest BCUT2D eigenvalue weighted by atomic mass is 10.3. The van der Waals surface area contributed by atoms with Gasteiger partial charge in [0.05, 0.1) is 18.5 Å². The number of thioether (sulfide) groups is 1. The first-order valence-electron chi connectivity index (χ1n) is 7.98. The van der Waals surface area contributed by atoms with E-state index in [9.17, 15) is 4.79 Å². The normalized spacial score (nSPS) is 11.0. The smallest absolute Gasteiger partial charge is 0.250 e. The molecule has 1 amide bonds. The SMILES string of the molecule is Cn1c(CNc2ccc(Br)cc2)nnc1SCC(=O)NN=Cc1cccs1. The molecule has 2 aromatic heterocycles. The quantitative estimate of drug-likeness (QED) is 0.302. The maximum Gasteiger partial charge on any atom is 0.250 e. The molecule has 2 heterocycles. The van der Waals surface area contributed by atoms with Crippen LogP contribution in [0.4, 0.5) is 5.69 Å². The zero-order valence-electron chi connectivity index (χ0n) is 14.4. The van der Waals surface area contributed by atoms with E-state index in [0.717, 1.165) is 20.9 Å². The van der Waals surface area contributed by atoms with E-state index in [0.29, 0.717) is 11.7 Å². The number of hydrogen-bond acceptors (Lipinski definition) is 7. The number of carbonyl (C=O) groups excluding carboxylic acids is 1. The molecular weight excluding hydrogens is 448 g/mol. The molecule has 27 heavy (non-hydrogen) atoms. The largest absolute Gasteiger partial charge is 0.378 e. The van der Waals surface area contributed by atoms with Gasteiger partial charge < -0.3 is 9.88 Å². The molecule has 1 aromatic carbocycles. The zero-order chi connectivity index (χ0) is 19.1. The zero-order valence-corrected chi connectivity index (χ0v) is 17.6. The van der Waals surface area contributed by atoms with Gasteiger partial charge in [0.2, 0.25) is 0 Å². The monoisotopic (exact) mass is 464 g/mol. The molecule has 0 aliphatic rings. The van der Waals surface area contributed by atoms with Crippen molar-refractivity contribution < 1.29 is 4.79 Å². The van der Waals surface area contributed by atoms with Gasteiger partial charge >= 0.3 is 0 Å². The molecule has 0 fully saturated rings. The Balaban J connectivity index is 1.46. The van der Waals surface area contributed by atoms with Crippen molar-refractivity contribution in [2.24, 2.45) is 12.1 Å². The van der Waals surface area contributed by atoms with Crippen LogP contribution in [0.5, 0.6) is 0 Å². The summed E-state index contributed by atoms with van der Waals surface area (Å²) in [5, 5.41) is 18.2. The van der Waals surface area contributed by atoms with Crippen molar-refractivity contribution in [3.05, 3.63) is 57.0 Å². The Hall–Kier alpha value is -2.17. The number of anilines is 1. The fourth-order valence-electron chi connectivity index (χ4n) is 2.07. The standard InChI is InChI=1S/C17H17BrN6OS2/c1-24-15(10-19-13-6-4-12(18)5-7-13)21-23-17(24)27-11-16(25)22-20-9-14-3-2-8-26-14/h2-9,19H,10-11H2,1H3,(H,22,25). The Morgan fingerprint density at radius 1 is 1.33 bits per heavy atom. The van der Waals surface area contributed by atoms with Gasteiger partial charge in [0, 0.05) is 22.1 Å². The number of nitrogens with zero attached hydrogens (tertiary/aromatic N) is 4. The van der Waals surface area contributed by atoms with Crippen LogP contribution >= 0.6 is 39.0 Å². The highest BCUT2D eigenvalue weighted by Crippen LogP contribution is 2.17. The van der Waals surface area contributed by atoms with E-state index >= 15 is 0 Å². The first kappa shape index (κ1) is 19.6. The molecule has 3 rings (SSSR count). The predicted molar refractivity (Wildman–Crippen MR) is 113 cm³/mol. The number of thiophene rings is 1. The molecule has 0 saturated carbocycles. The minimum Gasteiger partial charge on any atom is -0.378 e. The summed E-state index contributed by atoms with van der Waals surface area (Å²) < 4.78 is 2.90. The molecule has 3 aromatic rings. The summed E-state index contributed by atoms with van der Waals surface area (Å²) in [6.07, 6.45) is 1.63. The number of carbonyl (C=O) groups is 1. The van der Waals surface area contributed by atoms with Gasteiger partial charge in [-0.05, 0) is 35.7 Å². The summed E-state index contributed by atoms with van der Waals surface area (Å²) in [7, 11) is 1.88. The summed E-state index contributed by atoms with van der Waals surface area (Å²) in [5.74, 6) is 0.815. The minimum absolute atomic E-state index is 0.189. The Labute approximate surface area is 173 Å². The van der Waals surface area contributed by atoms with Gasteiger partial charge in [0.1, 0.15) is 0 Å². The second-order valence-corrected chi connectivity index (χ2v) is 8.25. The van der Waals surface area contributed by atoms with Gasteiger partial charge in [0.15, 0.2) is 11.0 Å². The third-order valence-electron chi connectivity index (χ3n) is 3.48. The molecule has 0 unspecified atom stereocenters. The van der Waals surface area contributed by atoms with Gasteiger partial charge in [-0.2, -0.15) is 5.10 Å². The molecule has 0 aliphatic heterocycles. The van der Waals surface area contributed by atoms with E-state index in [2.05, 4.69) is 42.0 Å². The number of hydrazone groups is 1. The highest BCUT2D eigenvalue weighted by molar-refractivity contribution is 9.10. The molecule has 7 nitrogen and oxygen atoms in total. The second kappa shape index (κ2) is 9.67. The van der Waals surface area contributed by atoms with Crippen LogP contribution in [0, 0.1) is 0 Å². The summed E-state index contributed by atoms with van der Waals surface area (Å²) in [6, 6.07) is 11.8. The average molecular weight is 465 g/mol. The second-order valence-electron chi connectivity index (χ2n) is 5.42. The van der Waals surface area contributed by atoms with Crippen LogP contribution in [-0.4, -0.2) is 32.6 Å². The molecule has 10 heteroatoms. The number of amides is 1. The Kier molecular flexibility index (Phi) is 7.02. The highest BCUT2D eigenvalue weighted by atomic mass is 79.9. The van der Waals surface area contributed by atoms with Crippen molar-refractivity contribution in [1.29, 1.82) is 0 Å². The van der Waals surface area contributed by atoms with Crippen LogP contribution in [0.15, 0.2) is 56.5 Å². The maximum absolute atomic E-state index is 11.9. The fraction of sp³-hybridized carbons (Fsp3) is 0.176. The van der Waals surface area contributed by atoms with Crippen LogP contribution in [0.2, 0.25) is 0 Å². The lowest BCUT2D eigenvalue weighted by Gasteiger charge is -2.07. The molecule has 140 valence electrons. The lowest BCUT2D eigenvalue weighted by molar-refractivity contribution is -0.118. The van der Waals surface area contributed by atoms with Crippen molar-refractivity contribution in [2.45, 2.75) is 11.7 Å². The van der Waals surface area contributed by atoms with E-state index in [1.165, 1.54) is 11.8 Å². The van der Waals surface area contributed by atoms with Gasteiger partial charge in [-0.15, -0.1) is 21.5 Å². The van der Waals surface area contributed by atoms with Gasteiger partial charge in [-0.3, -0.25) is 4.79 Å². The molecule has 2 N–H and O–H groups in total. The number of nitrogens with one attached hydrogen (secondary N) is 2. The third-order valence-corrected chi connectivity index (χ3v) is 5.83. The van der Waals surface area contributed by atoms with E-state index in [4.69, 9.17) is 0 Å². The first-order valence-corrected chi connectivity index (χ1v) is 10.6. The number of benzene rings is 1. The fourth-order valence-corrected chi connectivity index (χ4v) is 3.64. The molecule has 0 saturated heterocycles. The summed E-state index contributed by atoms with van der Waals surface area (Å²) in [5.41, 5.74) is 3.51. The van der Waals surface area contributed by atoms with E-state index in [-0.39, 0.29) is 11.7 Å². The lowest BCUT2D eigenvalue weighted by Crippen LogP contribution is -2.19. The summed E-state index contributed by atoms with van der Waals surface area (Å²) in [6.45, 7) is 0.545. The Morgan fingerprint density at radius 3 is 2.89 bits per heavy atom. The van der Waals surface area contributed by atoms with E-state index in [1.807, 2.05) is 53.4 Å². The minimum atomic E-state index is -0.189. The number of aromatic nitrogens is 3. The van der Waals surface area contributed by atoms with E-state index in [1.54, 1.807) is 17.6 Å².